The first-order valence-electron chi connectivity index (χ1n) is 17.6. The predicted molar refractivity (Wildman–Crippen MR) is 162 cm³/mol. The predicted octanol–water partition coefficient (Wildman–Crippen LogP) is 5.32. The Balaban J connectivity index is 1.25. The van der Waals surface area contributed by atoms with Gasteiger partial charge in [0, 0.05) is 22.8 Å². The van der Waals surface area contributed by atoms with Crippen molar-refractivity contribution < 1.29 is 42.9 Å². The van der Waals surface area contributed by atoms with E-state index in [4.69, 9.17) is 23.4 Å². The molecular formula is C37H46O9. The highest BCUT2D eigenvalue weighted by Crippen LogP contribution is 2.85. The highest BCUT2D eigenvalue weighted by molar-refractivity contribution is 5.98. The molecule has 3 saturated carbocycles. The minimum absolute atomic E-state index is 0.0472. The number of carbonyl (C=O) groups is 3. The van der Waals surface area contributed by atoms with E-state index in [0.29, 0.717) is 32.1 Å². The van der Waals surface area contributed by atoms with Crippen molar-refractivity contribution in [2.45, 2.75) is 134 Å². The molecule has 5 heterocycles. The summed E-state index contributed by atoms with van der Waals surface area (Å²) in [6.07, 6.45) is 10.8. The largest absolute Gasteiger partial charge is 0.469 e. The zero-order chi connectivity index (χ0) is 32.1. The standard InChI is InChI=1S/C37H46O9/c1-5-6-7-11-22-21(13-19-42-22)26-32(4)18-12-23-34(37(32)27(45-37)28(40)44-26)16-10-17-36(25(39)24(34)38)31(2,3)46-29-33(14-8-9-15-33)30(41)43-20-35(23,29)36/h10,13,17,19,23-24,26-27,29,38H,5-9,11-12,14-16,18,20H2,1-4H3/t23-,24-,26-,27-,29+,32-,34+,35-,36+,37+/m1/s1. The summed E-state index contributed by atoms with van der Waals surface area (Å²) in [7, 11) is 0. The SMILES string of the molecule is CCCCCc1occc1[C@H]1OC(=O)[C@H]2O[C@@]23[C@]24CC=C[C@]5(C(=O)[C@H]2O)C(C)(C)O[C@H]2C6(CCCC6)C(=O)OC[C@@]25[C@@H]4CC[C@]13C. The summed E-state index contributed by atoms with van der Waals surface area (Å²) in [5.74, 6) is -0.479. The van der Waals surface area contributed by atoms with Crippen molar-refractivity contribution in [1.82, 2.24) is 0 Å². The lowest BCUT2D eigenvalue weighted by molar-refractivity contribution is -0.273. The number of aliphatic hydroxyl groups excluding tert-OH is 1. The third-order valence-electron chi connectivity index (χ3n) is 14.8. The molecule has 2 bridgehead atoms. The maximum Gasteiger partial charge on any atom is 0.339 e. The second kappa shape index (κ2) is 8.94. The fourth-order valence-corrected chi connectivity index (χ4v) is 13.1. The fraction of sp³-hybridized carbons (Fsp3) is 0.757. The van der Waals surface area contributed by atoms with Crippen LogP contribution >= 0.6 is 0 Å². The summed E-state index contributed by atoms with van der Waals surface area (Å²) in [6.45, 7) is 8.22. The average molecular weight is 635 g/mol. The van der Waals surface area contributed by atoms with E-state index >= 15 is 4.79 Å². The molecule has 9 nitrogen and oxygen atoms in total. The minimum Gasteiger partial charge on any atom is -0.469 e. The number of rotatable bonds is 5. The summed E-state index contributed by atoms with van der Waals surface area (Å²) >= 11 is 0. The van der Waals surface area contributed by atoms with Crippen LogP contribution in [0, 0.1) is 33.0 Å². The van der Waals surface area contributed by atoms with Gasteiger partial charge in [0.15, 0.2) is 11.9 Å². The van der Waals surface area contributed by atoms with Crippen molar-refractivity contribution in [3.05, 3.63) is 35.8 Å². The summed E-state index contributed by atoms with van der Waals surface area (Å²) in [5, 5.41) is 12.6. The second-order valence-corrected chi connectivity index (χ2v) is 16.5. The first kappa shape index (κ1) is 29.6. The summed E-state index contributed by atoms with van der Waals surface area (Å²) in [6, 6.07) is 1.91. The van der Waals surface area contributed by atoms with Crippen LogP contribution in [0.3, 0.4) is 0 Å². The number of hydrogen-bond acceptors (Lipinski definition) is 9. The average Bonchev–Trinajstić information content (AvgIpc) is 3.34. The topological polar surface area (TPSA) is 125 Å². The van der Waals surface area contributed by atoms with Crippen molar-refractivity contribution in [1.29, 1.82) is 0 Å². The smallest absolute Gasteiger partial charge is 0.339 e. The number of Topliss-reactive ketones (excluding diaryl/α,β-unsaturated/α-hetero) is 1. The molecular weight excluding hydrogens is 588 g/mol. The van der Waals surface area contributed by atoms with Crippen molar-refractivity contribution in [3.8, 4) is 0 Å². The van der Waals surface area contributed by atoms with Crippen LogP contribution in [0.2, 0.25) is 0 Å². The molecule has 0 aromatic carbocycles. The Morgan fingerprint density at radius 2 is 1.76 bits per heavy atom. The molecule has 9 aliphatic rings. The van der Waals surface area contributed by atoms with E-state index < -0.39 is 68.7 Å². The van der Waals surface area contributed by atoms with Crippen LogP contribution in [-0.2, 0) is 39.8 Å². The molecule has 0 radical (unpaired) electrons. The molecule has 248 valence electrons. The van der Waals surface area contributed by atoms with Gasteiger partial charge in [-0.1, -0.05) is 51.7 Å². The van der Waals surface area contributed by atoms with E-state index in [1.165, 1.54) is 0 Å². The third kappa shape index (κ3) is 2.82. The monoisotopic (exact) mass is 634 g/mol. The number of furan rings is 1. The molecule has 46 heavy (non-hydrogen) atoms. The van der Waals surface area contributed by atoms with Gasteiger partial charge in [-0.05, 0) is 64.4 Å². The first-order chi connectivity index (χ1) is 22.0. The number of unbranched alkanes of at least 4 members (excludes halogenated alkanes) is 2. The van der Waals surface area contributed by atoms with Gasteiger partial charge in [-0.3, -0.25) is 9.59 Å². The van der Waals surface area contributed by atoms with Crippen LogP contribution in [0.25, 0.3) is 0 Å². The molecule has 0 amide bonds. The number of epoxide rings is 1. The third-order valence-corrected chi connectivity index (χ3v) is 14.8. The first-order valence-corrected chi connectivity index (χ1v) is 17.6. The number of hydrogen-bond donors (Lipinski definition) is 1. The van der Waals surface area contributed by atoms with Gasteiger partial charge in [0.25, 0.3) is 0 Å². The zero-order valence-corrected chi connectivity index (χ0v) is 27.4. The number of cyclic esters (lactones) is 2. The molecule has 10 atom stereocenters. The van der Waals surface area contributed by atoms with Crippen LogP contribution in [0.15, 0.2) is 28.9 Å². The zero-order valence-electron chi connectivity index (χ0n) is 27.4. The molecule has 1 aromatic heterocycles. The quantitative estimate of drug-likeness (QED) is 0.198. The minimum atomic E-state index is -1.40. The lowest BCUT2D eigenvalue weighted by Crippen LogP contribution is -2.80. The van der Waals surface area contributed by atoms with Crippen molar-refractivity contribution in [2.24, 2.45) is 33.0 Å². The Bertz CT molecular complexity index is 1570. The van der Waals surface area contributed by atoms with Crippen LogP contribution < -0.4 is 0 Å². The van der Waals surface area contributed by atoms with Gasteiger partial charge in [0.2, 0.25) is 0 Å². The summed E-state index contributed by atoms with van der Waals surface area (Å²) < 4.78 is 32.3. The number of carbonyl (C=O) groups excluding carboxylic acids is 3. The molecule has 5 aliphatic carbocycles. The number of esters is 2. The number of ether oxygens (including phenoxy) is 4. The molecule has 0 unspecified atom stereocenters. The Morgan fingerprint density at radius 3 is 2.52 bits per heavy atom. The summed E-state index contributed by atoms with van der Waals surface area (Å²) in [5.41, 5.74) is -6.16. The normalized spacial score (nSPS) is 48.5. The van der Waals surface area contributed by atoms with E-state index in [-0.39, 0.29) is 24.3 Å². The van der Waals surface area contributed by atoms with E-state index in [9.17, 15) is 14.7 Å². The molecule has 1 N–H and O–H groups in total. The molecule has 9 heteroatoms. The molecule has 5 spiro atoms. The number of allylic oxidation sites excluding steroid dienone is 1. The molecule has 7 fully saturated rings. The van der Waals surface area contributed by atoms with E-state index in [2.05, 4.69) is 13.8 Å². The Hall–Kier alpha value is -2.49. The van der Waals surface area contributed by atoms with Gasteiger partial charge >= 0.3 is 11.9 Å². The maximum atomic E-state index is 15.2. The number of fused-ring (bicyclic) bond motifs is 3. The van der Waals surface area contributed by atoms with Crippen molar-refractivity contribution in [2.75, 3.05) is 6.61 Å². The lowest BCUT2D eigenvalue weighted by atomic mass is 9.32. The number of aryl methyl sites for hydroxylation is 1. The van der Waals surface area contributed by atoms with Crippen LogP contribution in [0.4, 0.5) is 0 Å². The van der Waals surface area contributed by atoms with Gasteiger partial charge in [-0.2, -0.15) is 0 Å². The molecule has 10 rings (SSSR count). The number of aliphatic hydroxyl groups is 1. The van der Waals surface area contributed by atoms with E-state index in [1.54, 1.807) is 6.26 Å². The molecule has 1 aromatic rings. The number of ketones is 1. The van der Waals surface area contributed by atoms with Crippen LogP contribution in [-0.4, -0.2) is 58.9 Å². The summed E-state index contributed by atoms with van der Waals surface area (Å²) in [4.78, 5) is 42.9. The second-order valence-electron chi connectivity index (χ2n) is 16.5. The van der Waals surface area contributed by atoms with E-state index in [0.717, 1.165) is 49.8 Å². The lowest BCUT2D eigenvalue weighted by Gasteiger charge is -2.69. The Morgan fingerprint density at radius 1 is 0.978 bits per heavy atom. The molecule has 4 aliphatic heterocycles. The van der Waals surface area contributed by atoms with Gasteiger partial charge in [-0.25, -0.2) is 4.79 Å². The van der Waals surface area contributed by atoms with Crippen molar-refractivity contribution >= 4 is 17.7 Å². The van der Waals surface area contributed by atoms with Crippen LogP contribution in [0.1, 0.15) is 109 Å². The van der Waals surface area contributed by atoms with Gasteiger partial charge in [0.05, 0.1) is 34.2 Å². The van der Waals surface area contributed by atoms with Crippen LogP contribution in [0.5, 0.6) is 0 Å². The highest BCUT2D eigenvalue weighted by atomic mass is 16.7. The Kier molecular flexibility index (Phi) is 5.76. The van der Waals surface area contributed by atoms with Gasteiger partial charge in [0.1, 0.15) is 30.2 Å². The Labute approximate surface area is 269 Å². The highest BCUT2D eigenvalue weighted by Gasteiger charge is 2.95. The fourth-order valence-electron chi connectivity index (χ4n) is 13.1. The van der Waals surface area contributed by atoms with E-state index in [1.807, 2.05) is 32.1 Å². The van der Waals surface area contributed by atoms with Gasteiger partial charge < -0.3 is 28.5 Å². The van der Waals surface area contributed by atoms with Crippen molar-refractivity contribution in [3.63, 3.8) is 0 Å². The van der Waals surface area contributed by atoms with Gasteiger partial charge in [-0.15, -0.1) is 0 Å². The molecule has 4 saturated heterocycles. The maximum absolute atomic E-state index is 15.2.